The number of Topliss-reactive ketones (excluding diaryl/α,β-unsaturated/α-hetero) is 1. The molecule has 0 spiro atoms. The fourth-order valence-electron chi connectivity index (χ4n) is 3.19. The van der Waals surface area contributed by atoms with E-state index in [1.54, 1.807) is 0 Å². The predicted octanol–water partition coefficient (Wildman–Crippen LogP) is 3.22. The third-order valence-electron chi connectivity index (χ3n) is 4.51. The first kappa shape index (κ1) is 12.1. The van der Waals surface area contributed by atoms with Crippen LogP contribution in [0.4, 0.5) is 0 Å². The van der Waals surface area contributed by atoms with Crippen molar-refractivity contribution in [1.82, 2.24) is 0 Å². The number of rotatable bonds is 0. The van der Waals surface area contributed by atoms with Gasteiger partial charge in [0, 0.05) is 12.8 Å². The van der Waals surface area contributed by atoms with E-state index in [0.717, 1.165) is 64.2 Å². The van der Waals surface area contributed by atoms with E-state index in [1.807, 2.05) is 0 Å². The zero-order chi connectivity index (χ0) is 11.4. The minimum atomic E-state index is -0.330. The summed E-state index contributed by atoms with van der Waals surface area (Å²) in [4.78, 5) is 11.5. The van der Waals surface area contributed by atoms with Gasteiger partial charge in [0.25, 0.3) is 0 Å². The fourth-order valence-corrected chi connectivity index (χ4v) is 3.19. The zero-order valence-corrected chi connectivity index (χ0v) is 10.2. The van der Waals surface area contributed by atoms with Crippen LogP contribution in [0.5, 0.6) is 0 Å². The first-order valence-electron chi connectivity index (χ1n) is 6.95. The molecule has 0 saturated heterocycles. The quantitative estimate of drug-likeness (QED) is 0.686. The van der Waals surface area contributed by atoms with Gasteiger partial charge in [0.05, 0.1) is 5.60 Å². The number of hydrogen-bond donors (Lipinski definition) is 1. The molecule has 0 amide bonds. The van der Waals surface area contributed by atoms with Crippen molar-refractivity contribution in [3.05, 3.63) is 0 Å². The van der Waals surface area contributed by atoms with Crippen LogP contribution >= 0.6 is 0 Å². The molecule has 0 radical (unpaired) electrons. The molecule has 2 saturated carbocycles. The van der Waals surface area contributed by atoms with E-state index in [4.69, 9.17) is 0 Å². The molecule has 16 heavy (non-hydrogen) atoms. The van der Waals surface area contributed by atoms with E-state index in [1.165, 1.54) is 6.42 Å². The molecule has 2 heteroatoms. The van der Waals surface area contributed by atoms with Crippen LogP contribution in [0.2, 0.25) is 0 Å². The van der Waals surface area contributed by atoms with Crippen LogP contribution in [-0.4, -0.2) is 16.5 Å². The Hall–Kier alpha value is -0.370. The zero-order valence-electron chi connectivity index (χ0n) is 10.2. The Morgan fingerprint density at radius 2 is 1.69 bits per heavy atom. The molecule has 2 fully saturated rings. The SMILES string of the molecule is O=C1CCCCC[C@]2(O)CC[C@H]2CCCC1. The molecule has 2 nitrogen and oxygen atoms in total. The van der Waals surface area contributed by atoms with Crippen LogP contribution in [0.15, 0.2) is 0 Å². The maximum atomic E-state index is 11.5. The van der Waals surface area contributed by atoms with Crippen molar-refractivity contribution in [1.29, 1.82) is 0 Å². The molecular weight excluding hydrogens is 200 g/mol. The Labute approximate surface area is 98.4 Å². The molecule has 2 atom stereocenters. The molecular formula is C14H24O2. The minimum Gasteiger partial charge on any atom is -0.390 e. The van der Waals surface area contributed by atoms with Gasteiger partial charge in [-0.05, 0) is 44.4 Å². The van der Waals surface area contributed by atoms with Crippen molar-refractivity contribution in [3.8, 4) is 0 Å². The van der Waals surface area contributed by atoms with Gasteiger partial charge >= 0.3 is 0 Å². The number of ketones is 1. The van der Waals surface area contributed by atoms with Crippen molar-refractivity contribution >= 4 is 5.78 Å². The number of fused-ring (bicyclic) bond motifs is 1. The monoisotopic (exact) mass is 224 g/mol. The summed E-state index contributed by atoms with van der Waals surface area (Å²) < 4.78 is 0. The van der Waals surface area contributed by atoms with Gasteiger partial charge in [-0.25, -0.2) is 0 Å². The van der Waals surface area contributed by atoms with E-state index in [9.17, 15) is 9.90 Å². The van der Waals surface area contributed by atoms with Gasteiger partial charge in [0.1, 0.15) is 5.78 Å². The van der Waals surface area contributed by atoms with Crippen molar-refractivity contribution < 1.29 is 9.90 Å². The number of hydrogen-bond acceptors (Lipinski definition) is 2. The largest absolute Gasteiger partial charge is 0.390 e. The summed E-state index contributed by atoms with van der Waals surface area (Å²) in [7, 11) is 0. The third-order valence-corrected chi connectivity index (χ3v) is 4.51. The Morgan fingerprint density at radius 1 is 0.938 bits per heavy atom. The molecule has 0 unspecified atom stereocenters. The second kappa shape index (κ2) is 5.31. The van der Waals surface area contributed by atoms with Gasteiger partial charge in [-0.2, -0.15) is 0 Å². The first-order valence-corrected chi connectivity index (χ1v) is 6.95. The lowest BCUT2D eigenvalue weighted by molar-refractivity contribution is -0.120. The van der Waals surface area contributed by atoms with E-state index in [-0.39, 0.29) is 5.60 Å². The molecule has 1 N–H and O–H groups in total. The molecule has 0 bridgehead atoms. The molecule has 2 rings (SSSR count). The summed E-state index contributed by atoms with van der Waals surface area (Å²) in [6.45, 7) is 0. The molecule has 2 aliphatic carbocycles. The average Bonchev–Trinajstić information content (AvgIpc) is 2.25. The Balaban J connectivity index is 1.84. The highest BCUT2D eigenvalue weighted by molar-refractivity contribution is 5.78. The second-order valence-electron chi connectivity index (χ2n) is 5.68. The van der Waals surface area contributed by atoms with Crippen LogP contribution in [0.3, 0.4) is 0 Å². The normalized spacial score (nSPS) is 37.8. The molecule has 0 aliphatic heterocycles. The van der Waals surface area contributed by atoms with Gasteiger partial charge in [-0.1, -0.05) is 19.3 Å². The summed E-state index contributed by atoms with van der Waals surface area (Å²) in [5.41, 5.74) is -0.330. The summed E-state index contributed by atoms with van der Waals surface area (Å²) in [5, 5.41) is 10.4. The van der Waals surface area contributed by atoms with Crippen molar-refractivity contribution in [2.24, 2.45) is 5.92 Å². The fraction of sp³-hybridized carbons (Fsp3) is 0.929. The van der Waals surface area contributed by atoms with Crippen LogP contribution < -0.4 is 0 Å². The van der Waals surface area contributed by atoms with Crippen LogP contribution in [0, 0.1) is 5.92 Å². The maximum absolute atomic E-state index is 11.5. The van der Waals surface area contributed by atoms with Crippen LogP contribution in [0.25, 0.3) is 0 Å². The van der Waals surface area contributed by atoms with Gasteiger partial charge in [-0.3, -0.25) is 4.79 Å². The lowest BCUT2D eigenvalue weighted by Gasteiger charge is -2.46. The summed E-state index contributed by atoms with van der Waals surface area (Å²) >= 11 is 0. The number of carbonyl (C=O) groups is 1. The van der Waals surface area contributed by atoms with Crippen molar-refractivity contribution in [2.45, 2.75) is 76.2 Å². The predicted molar refractivity (Wildman–Crippen MR) is 64.2 cm³/mol. The Kier molecular flexibility index (Phi) is 4.01. The van der Waals surface area contributed by atoms with Gasteiger partial charge in [-0.15, -0.1) is 0 Å². The van der Waals surface area contributed by atoms with E-state index < -0.39 is 0 Å². The Morgan fingerprint density at radius 3 is 2.38 bits per heavy atom. The second-order valence-corrected chi connectivity index (χ2v) is 5.68. The average molecular weight is 224 g/mol. The standard InChI is InChI=1S/C14H24O2/c15-13-7-2-1-5-10-14(16)11-9-12(14)6-3-4-8-13/h12,16H,1-11H2/t12-,14+/m1/s1. The highest BCUT2D eigenvalue weighted by Crippen LogP contribution is 2.45. The van der Waals surface area contributed by atoms with Gasteiger partial charge in [0.2, 0.25) is 0 Å². The third kappa shape index (κ3) is 2.85. The van der Waals surface area contributed by atoms with E-state index in [0.29, 0.717) is 11.7 Å². The topological polar surface area (TPSA) is 37.3 Å². The lowest BCUT2D eigenvalue weighted by atomic mass is 9.65. The van der Waals surface area contributed by atoms with Gasteiger partial charge < -0.3 is 5.11 Å². The molecule has 0 aromatic carbocycles. The Bertz CT molecular complexity index is 249. The molecule has 92 valence electrons. The first-order chi connectivity index (χ1) is 7.71. The lowest BCUT2D eigenvalue weighted by Crippen LogP contribution is -2.47. The van der Waals surface area contributed by atoms with Crippen molar-refractivity contribution in [3.63, 3.8) is 0 Å². The molecule has 0 aromatic rings. The summed E-state index contributed by atoms with van der Waals surface area (Å²) in [6.07, 6.45) is 11.2. The van der Waals surface area contributed by atoms with Crippen LogP contribution in [-0.2, 0) is 4.79 Å². The van der Waals surface area contributed by atoms with Crippen molar-refractivity contribution in [2.75, 3.05) is 0 Å². The highest BCUT2D eigenvalue weighted by atomic mass is 16.3. The summed E-state index contributed by atoms with van der Waals surface area (Å²) in [6, 6.07) is 0. The maximum Gasteiger partial charge on any atom is 0.132 e. The van der Waals surface area contributed by atoms with E-state index >= 15 is 0 Å². The highest BCUT2D eigenvalue weighted by Gasteiger charge is 2.43. The number of aliphatic hydroxyl groups is 1. The van der Waals surface area contributed by atoms with E-state index in [2.05, 4.69) is 0 Å². The summed E-state index contributed by atoms with van der Waals surface area (Å²) in [5.74, 6) is 0.978. The minimum absolute atomic E-state index is 0.330. The van der Waals surface area contributed by atoms with Gasteiger partial charge in [0.15, 0.2) is 0 Å². The molecule has 0 heterocycles. The van der Waals surface area contributed by atoms with Crippen LogP contribution in [0.1, 0.15) is 70.6 Å². The smallest absolute Gasteiger partial charge is 0.132 e. The molecule has 0 aromatic heterocycles. The molecule has 2 aliphatic rings. The number of carbonyl (C=O) groups excluding carboxylic acids is 1.